The normalized spacial score (nSPS) is 35.5. The summed E-state index contributed by atoms with van der Waals surface area (Å²) in [6, 6.07) is 0. The average molecular weight is 383 g/mol. The number of ether oxygens (including phenoxy) is 1. The first kappa shape index (κ1) is 20.5. The maximum absolute atomic E-state index is 12.3. The predicted octanol–water partition coefficient (Wildman–Crippen LogP) is -1.74. The monoisotopic (exact) mass is 382 g/mol. The van der Waals surface area contributed by atoms with E-state index >= 15 is 0 Å². The van der Waals surface area contributed by atoms with Gasteiger partial charge in [0.2, 0.25) is 0 Å². The lowest BCUT2D eigenvalue weighted by atomic mass is 9.98. The molecular weight excluding hydrogens is 362 g/mol. The van der Waals surface area contributed by atoms with Gasteiger partial charge in [-0.15, -0.1) is 23.2 Å². The Morgan fingerprint density at radius 3 is 2.27 bits per heavy atom. The van der Waals surface area contributed by atoms with Crippen LogP contribution in [0.1, 0.15) is 0 Å². The first-order chi connectivity index (χ1) is 10.3. The quantitative estimate of drug-likeness (QED) is 0.213. The van der Waals surface area contributed by atoms with Crippen LogP contribution in [0.2, 0.25) is 0 Å². The molecule has 0 aliphatic carbocycles. The predicted molar refractivity (Wildman–Crippen MR) is 79.7 cm³/mol. The van der Waals surface area contributed by atoms with Crippen LogP contribution in [0.4, 0.5) is 0 Å². The third kappa shape index (κ3) is 4.75. The molecule has 1 saturated heterocycles. The van der Waals surface area contributed by atoms with E-state index in [1.807, 2.05) is 0 Å². The van der Waals surface area contributed by atoms with Crippen molar-refractivity contribution in [1.29, 1.82) is 0 Å². The molecule has 0 aromatic carbocycles. The van der Waals surface area contributed by atoms with Crippen LogP contribution < -0.4 is 5.09 Å². The SMILES string of the molecule is O=P(O)(NCCCl)N(CCCl)C1O[C@H](CO)[C@@H](O)[C@H](O)[C@H]1O. The Morgan fingerprint density at radius 2 is 1.77 bits per heavy atom. The lowest BCUT2D eigenvalue weighted by molar-refractivity contribution is -0.253. The Balaban J connectivity index is 3.00. The van der Waals surface area contributed by atoms with Crippen molar-refractivity contribution in [2.75, 3.05) is 31.5 Å². The van der Waals surface area contributed by atoms with Gasteiger partial charge in [-0.25, -0.2) is 5.09 Å². The highest BCUT2D eigenvalue weighted by atomic mass is 35.5. The zero-order valence-corrected chi connectivity index (χ0v) is 14.0. The van der Waals surface area contributed by atoms with Crippen LogP contribution >= 0.6 is 30.9 Å². The molecule has 132 valence electrons. The van der Waals surface area contributed by atoms with Crippen LogP contribution in [-0.2, 0) is 9.30 Å². The molecule has 1 fully saturated rings. The van der Waals surface area contributed by atoms with E-state index in [9.17, 15) is 24.8 Å². The maximum Gasteiger partial charge on any atom is 0.343 e. The standard InChI is InChI=1S/C10H21Cl2N2O7P/c11-1-3-13-22(19,20)14(4-2-12)10-9(18)8(17)7(16)6(5-15)21-10/h6-10,15-18H,1-5H2,(H2,13,19,20)/t6-,7-,8+,9-,10?/m1/s1. The topological polar surface area (TPSA) is 143 Å². The van der Waals surface area contributed by atoms with E-state index in [0.29, 0.717) is 0 Å². The molecule has 6 atom stereocenters. The minimum Gasteiger partial charge on any atom is -0.394 e. The molecule has 1 aliphatic rings. The van der Waals surface area contributed by atoms with Crippen molar-refractivity contribution in [3.63, 3.8) is 0 Å². The van der Waals surface area contributed by atoms with Crippen LogP contribution in [0.3, 0.4) is 0 Å². The summed E-state index contributed by atoms with van der Waals surface area (Å²) in [7, 11) is -4.17. The Labute approximate surface area is 138 Å². The van der Waals surface area contributed by atoms with Gasteiger partial charge in [0.05, 0.1) is 6.61 Å². The number of halogens is 2. The van der Waals surface area contributed by atoms with Gasteiger partial charge in [0.25, 0.3) is 0 Å². The van der Waals surface area contributed by atoms with Gasteiger partial charge in [0, 0.05) is 24.8 Å². The number of nitrogens with one attached hydrogen (secondary N) is 1. The Morgan fingerprint density at radius 1 is 1.14 bits per heavy atom. The van der Waals surface area contributed by atoms with Crippen LogP contribution in [0.25, 0.3) is 0 Å². The molecule has 0 spiro atoms. The van der Waals surface area contributed by atoms with Crippen LogP contribution in [-0.4, -0.2) is 92.1 Å². The summed E-state index contributed by atoms with van der Waals surface area (Å²) in [6.45, 7) is -0.764. The van der Waals surface area contributed by atoms with Crippen LogP contribution in [0.15, 0.2) is 0 Å². The van der Waals surface area contributed by atoms with Gasteiger partial charge in [-0.05, 0) is 0 Å². The number of nitrogens with zero attached hydrogens (tertiary/aromatic N) is 1. The van der Waals surface area contributed by atoms with Crippen molar-refractivity contribution >= 4 is 30.9 Å². The second-order valence-corrected chi connectivity index (χ2v) is 7.39. The molecule has 9 nitrogen and oxygen atoms in total. The molecule has 0 radical (unpaired) electrons. The van der Waals surface area contributed by atoms with E-state index in [4.69, 9.17) is 33.0 Å². The molecule has 0 bridgehead atoms. The number of rotatable bonds is 8. The first-order valence-electron chi connectivity index (χ1n) is 6.57. The first-order valence-corrected chi connectivity index (χ1v) is 9.25. The number of aliphatic hydroxyl groups is 4. The molecule has 6 N–H and O–H groups in total. The fraction of sp³-hybridized carbons (Fsp3) is 1.00. The molecule has 12 heteroatoms. The molecule has 1 aliphatic heterocycles. The van der Waals surface area contributed by atoms with Crippen molar-refractivity contribution in [3.05, 3.63) is 0 Å². The van der Waals surface area contributed by atoms with Gasteiger partial charge in [0.1, 0.15) is 30.6 Å². The van der Waals surface area contributed by atoms with E-state index in [1.54, 1.807) is 0 Å². The van der Waals surface area contributed by atoms with E-state index < -0.39 is 44.9 Å². The van der Waals surface area contributed by atoms with Crippen molar-refractivity contribution in [1.82, 2.24) is 9.76 Å². The Kier molecular flexibility index (Phi) is 8.49. The highest BCUT2D eigenvalue weighted by molar-refractivity contribution is 7.53. The molecular formula is C10H21Cl2N2O7P. The summed E-state index contributed by atoms with van der Waals surface area (Å²) in [5.41, 5.74) is 0. The zero-order valence-electron chi connectivity index (χ0n) is 11.6. The second kappa shape index (κ2) is 9.10. The van der Waals surface area contributed by atoms with Gasteiger partial charge in [-0.2, -0.15) is 4.67 Å². The molecule has 0 aromatic heterocycles. The highest BCUT2D eigenvalue weighted by Crippen LogP contribution is 2.44. The summed E-state index contributed by atoms with van der Waals surface area (Å²) >= 11 is 11.1. The molecule has 0 saturated carbocycles. The summed E-state index contributed by atoms with van der Waals surface area (Å²) in [5.74, 6) is 0.0239. The van der Waals surface area contributed by atoms with Crippen molar-refractivity contribution < 1.29 is 34.6 Å². The van der Waals surface area contributed by atoms with Gasteiger partial charge in [-0.3, -0.25) is 4.57 Å². The fourth-order valence-corrected chi connectivity index (χ4v) is 4.09. The summed E-state index contributed by atoms with van der Waals surface area (Å²) in [6.07, 6.45) is -7.49. The lowest BCUT2D eigenvalue weighted by Crippen LogP contribution is -2.63. The maximum atomic E-state index is 12.3. The smallest absolute Gasteiger partial charge is 0.343 e. The summed E-state index contributed by atoms with van der Waals surface area (Å²) in [4.78, 5) is 10.1. The minimum absolute atomic E-state index is 0.0194. The fourth-order valence-electron chi connectivity index (χ4n) is 2.11. The number of aliphatic hydroxyl groups excluding tert-OH is 4. The van der Waals surface area contributed by atoms with Crippen LogP contribution in [0.5, 0.6) is 0 Å². The molecule has 2 unspecified atom stereocenters. The van der Waals surface area contributed by atoms with E-state index in [2.05, 4.69) is 5.09 Å². The zero-order chi connectivity index (χ0) is 16.9. The third-order valence-electron chi connectivity index (χ3n) is 3.23. The van der Waals surface area contributed by atoms with Gasteiger partial charge >= 0.3 is 7.67 Å². The summed E-state index contributed by atoms with van der Waals surface area (Å²) in [5, 5.41) is 41.0. The third-order valence-corrected chi connectivity index (χ3v) is 5.35. The van der Waals surface area contributed by atoms with Gasteiger partial charge < -0.3 is 30.1 Å². The van der Waals surface area contributed by atoms with E-state index in [0.717, 1.165) is 4.67 Å². The van der Waals surface area contributed by atoms with E-state index in [1.165, 1.54) is 0 Å². The van der Waals surface area contributed by atoms with E-state index in [-0.39, 0.29) is 24.8 Å². The highest BCUT2D eigenvalue weighted by Gasteiger charge is 2.49. The van der Waals surface area contributed by atoms with Gasteiger partial charge in [-0.1, -0.05) is 0 Å². The van der Waals surface area contributed by atoms with Crippen LogP contribution in [0, 0.1) is 0 Å². The Bertz CT molecular complexity index is 392. The molecule has 0 aromatic rings. The minimum atomic E-state index is -4.17. The average Bonchev–Trinajstić information content (AvgIpc) is 2.49. The Hall–Kier alpha value is 0.490. The van der Waals surface area contributed by atoms with Gasteiger partial charge in [0.15, 0.2) is 0 Å². The molecule has 1 rings (SSSR count). The van der Waals surface area contributed by atoms with Crippen molar-refractivity contribution in [3.8, 4) is 0 Å². The lowest BCUT2D eigenvalue weighted by Gasteiger charge is -2.45. The largest absolute Gasteiger partial charge is 0.394 e. The summed E-state index contributed by atoms with van der Waals surface area (Å²) < 4.78 is 18.5. The molecule has 0 amide bonds. The molecule has 22 heavy (non-hydrogen) atoms. The number of alkyl halides is 2. The van der Waals surface area contributed by atoms with Crippen molar-refractivity contribution in [2.45, 2.75) is 30.6 Å². The van der Waals surface area contributed by atoms with Crippen molar-refractivity contribution in [2.24, 2.45) is 0 Å². The number of hydrogen-bond acceptors (Lipinski definition) is 6. The molecule has 1 heterocycles. The second-order valence-electron chi connectivity index (χ2n) is 4.71. The number of hydrogen-bond donors (Lipinski definition) is 6.